The third-order valence-corrected chi connectivity index (χ3v) is 3.21. The standard InChI is InChI=1S/C19H28O3/c1-4-22-18(20)13-9-6-10-14-19(2,3)16-21-15-17-11-7-5-8-12-17/h5,7-8,10-12,14H,4,6,9,13,15-16H2,1-3H3. The van der Waals surface area contributed by atoms with Crippen LogP contribution in [0.2, 0.25) is 0 Å². The van der Waals surface area contributed by atoms with Crippen LogP contribution in [-0.4, -0.2) is 19.2 Å². The number of benzene rings is 1. The van der Waals surface area contributed by atoms with Crippen LogP contribution in [0.1, 0.15) is 45.6 Å². The zero-order valence-corrected chi connectivity index (χ0v) is 14.0. The van der Waals surface area contributed by atoms with E-state index in [1.54, 1.807) is 0 Å². The first-order valence-corrected chi connectivity index (χ1v) is 7.98. The van der Waals surface area contributed by atoms with Crippen molar-refractivity contribution < 1.29 is 14.3 Å². The molecule has 1 aromatic rings. The molecule has 0 saturated heterocycles. The average Bonchev–Trinajstić information content (AvgIpc) is 2.48. The van der Waals surface area contributed by atoms with Crippen LogP contribution in [0.5, 0.6) is 0 Å². The molecule has 3 heteroatoms. The van der Waals surface area contributed by atoms with Gasteiger partial charge in [0.15, 0.2) is 0 Å². The Kier molecular flexibility index (Phi) is 8.53. The normalized spacial score (nSPS) is 11.8. The molecule has 0 amide bonds. The van der Waals surface area contributed by atoms with Gasteiger partial charge < -0.3 is 9.47 Å². The van der Waals surface area contributed by atoms with Crippen molar-refractivity contribution in [3.05, 3.63) is 48.0 Å². The molecule has 0 spiro atoms. The number of hydrogen-bond donors (Lipinski definition) is 0. The average molecular weight is 304 g/mol. The molecule has 22 heavy (non-hydrogen) atoms. The molecular weight excluding hydrogens is 276 g/mol. The maximum atomic E-state index is 11.2. The van der Waals surface area contributed by atoms with Gasteiger partial charge in [0.05, 0.1) is 19.8 Å². The zero-order chi connectivity index (χ0) is 16.3. The van der Waals surface area contributed by atoms with Crippen molar-refractivity contribution in [3.8, 4) is 0 Å². The highest BCUT2D eigenvalue weighted by atomic mass is 16.5. The van der Waals surface area contributed by atoms with Gasteiger partial charge >= 0.3 is 5.97 Å². The topological polar surface area (TPSA) is 35.5 Å². The molecule has 0 aliphatic heterocycles. The highest BCUT2D eigenvalue weighted by molar-refractivity contribution is 5.69. The summed E-state index contributed by atoms with van der Waals surface area (Å²) in [5.74, 6) is -0.110. The minimum Gasteiger partial charge on any atom is -0.466 e. The molecule has 0 aliphatic carbocycles. The van der Waals surface area contributed by atoms with E-state index in [2.05, 4.69) is 38.1 Å². The molecule has 0 bridgehead atoms. The maximum absolute atomic E-state index is 11.2. The van der Waals surface area contributed by atoms with E-state index in [0.717, 1.165) is 12.8 Å². The molecule has 0 aromatic heterocycles. The molecule has 0 saturated carbocycles. The van der Waals surface area contributed by atoms with Crippen LogP contribution < -0.4 is 0 Å². The van der Waals surface area contributed by atoms with Gasteiger partial charge in [0.2, 0.25) is 0 Å². The smallest absolute Gasteiger partial charge is 0.305 e. The van der Waals surface area contributed by atoms with Crippen LogP contribution >= 0.6 is 0 Å². The van der Waals surface area contributed by atoms with Crippen LogP contribution in [0.25, 0.3) is 0 Å². The molecule has 0 radical (unpaired) electrons. The maximum Gasteiger partial charge on any atom is 0.305 e. The quantitative estimate of drug-likeness (QED) is 0.362. The number of ether oxygens (including phenoxy) is 2. The fourth-order valence-electron chi connectivity index (χ4n) is 2.05. The van der Waals surface area contributed by atoms with Crippen molar-refractivity contribution in [2.45, 2.75) is 46.6 Å². The second kappa shape index (κ2) is 10.2. The van der Waals surface area contributed by atoms with E-state index < -0.39 is 0 Å². The minimum absolute atomic E-state index is 0.00128. The summed E-state index contributed by atoms with van der Waals surface area (Å²) in [5.41, 5.74) is 1.19. The van der Waals surface area contributed by atoms with Crippen molar-refractivity contribution in [2.75, 3.05) is 13.2 Å². The van der Waals surface area contributed by atoms with E-state index in [9.17, 15) is 4.79 Å². The molecule has 0 heterocycles. The Bertz CT molecular complexity index is 449. The Morgan fingerprint density at radius 2 is 1.95 bits per heavy atom. The summed E-state index contributed by atoms with van der Waals surface area (Å²) in [6, 6.07) is 10.2. The lowest BCUT2D eigenvalue weighted by molar-refractivity contribution is -0.143. The van der Waals surface area contributed by atoms with Gasteiger partial charge in [-0.1, -0.05) is 56.3 Å². The summed E-state index contributed by atoms with van der Waals surface area (Å²) in [7, 11) is 0. The largest absolute Gasteiger partial charge is 0.466 e. The summed E-state index contributed by atoms with van der Waals surface area (Å²) in [5, 5.41) is 0. The Hall–Kier alpha value is -1.61. The van der Waals surface area contributed by atoms with Gasteiger partial charge in [-0.2, -0.15) is 0 Å². The van der Waals surface area contributed by atoms with Crippen LogP contribution in [0, 0.1) is 5.41 Å². The molecule has 122 valence electrons. The third kappa shape index (κ3) is 8.63. The number of allylic oxidation sites excluding steroid dienone is 1. The molecule has 0 aliphatic rings. The van der Waals surface area contributed by atoms with E-state index >= 15 is 0 Å². The van der Waals surface area contributed by atoms with Gasteiger partial charge in [0, 0.05) is 11.8 Å². The molecule has 1 rings (SSSR count). The molecule has 0 fully saturated rings. The molecular formula is C19H28O3. The zero-order valence-electron chi connectivity index (χ0n) is 14.0. The first-order valence-electron chi connectivity index (χ1n) is 7.98. The van der Waals surface area contributed by atoms with Gasteiger partial charge in [0.25, 0.3) is 0 Å². The number of carbonyl (C=O) groups is 1. The lowest BCUT2D eigenvalue weighted by Gasteiger charge is -2.20. The van der Waals surface area contributed by atoms with Gasteiger partial charge in [-0.15, -0.1) is 0 Å². The highest BCUT2D eigenvalue weighted by Gasteiger charge is 2.13. The predicted molar refractivity (Wildman–Crippen MR) is 89.5 cm³/mol. The van der Waals surface area contributed by atoms with Crippen molar-refractivity contribution in [3.63, 3.8) is 0 Å². The number of esters is 1. The summed E-state index contributed by atoms with van der Waals surface area (Å²) in [6.07, 6.45) is 6.51. The van der Waals surface area contributed by atoms with Crippen LogP contribution in [0.3, 0.4) is 0 Å². The SMILES string of the molecule is CCOC(=O)CCCC=CC(C)(C)COCc1ccccc1. The molecule has 3 nitrogen and oxygen atoms in total. The van der Waals surface area contributed by atoms with E-state index in [1.807, 2.05) is 25.1 Å². The summed E-state index contributed by atoms with van der Waals surface area (Å²) in [6.45, 7) is 7.91. The first-order chi connectivity index (χ1) is 10.5. The molecule has 1 aromatic carbocycles. The fraction of sp³-hybridized carbons (Fsp3) is 0.526. The lowest BCUT2D eigenvalue weighted by atomic mass is 9.93. The third-order valence-electron chi connectivity index (χ3n) is 3.21. The Morgan fingerprint density at radius 1 is 1.23 bits per heavy atom. The highest BCUT2D eigenvalue weighted by Crippen LogP contribution is 2.19. The van der Waals surface area contributed by atoms with Gasteiger partial charge in [0.1, 0.15) is 0 Å². The summed E-state index contributed by atoms with van der Waals surface area (Å²) >= 11 is 0. The predicted octanol–water partition coefficient (Wildman–Crippen LogP) is 4.52. The van der Waals surface area contributed by atoms with E-state index in [-0.39, 0.29) is 11.4 Å². The van der Waals surface area contributed by atoms with Crippen LogP contribution in [0.4, 0.5) is 0 Å². The number of carbonyl (C=O) groups excluding carboxylic acids is 1. The van der Waals surface area contributed by atoms with E-state index in [1.165, 1.54) is 5.56 Å². The second-order valence-corrected chi connectivity index (χ2v) is 6.07. The van der Waals surface area contributed by atoms with Crippen molar-refractivity contribution in [2.24, 2.45) is 5.41 Å². The van der Waals surface area contributed by atoms with E-state index in [0.29, 0.717) is 26.2 Å². The van der Waals surface area contributed by atoms with Gasteiger partial charge in [-0.05, 0) is 25.3 Å². The van der Waals surface area contributed by atoms with E-state index in [4.69, 9.17) is 9.47 Å². The monoisotopic (exact) mass is 304 g/mol. The molecule has 0 N–H and O–H groups in total. The Morgan fingerprint density at radius 3 is 2.64 bits per heavy atom. The molecule has 0 unspecified atom stereocenters. The second-order valence-electron chi connectivity index (χ2n) is 6.07. The van der Waals surface area contributed by atoms with Crippen molar-refractivity contribution in [1.82, 2.24) is 0 Å². The number of hydrogen-bond acceptors (Lipinski definition) is 3. The van der Waals surface area contributed by atoms with Gasteiger partial charge in [-0.3, -0.25) is 4.79 Å². The minimum atomic E-state index is -0.110. The number of rotatable bonds is 10. The summed E-state index contributed by atoms with van der Waals surface area (Å²) in [4.78, 5) is 11.2. The van der Waals surface area contributed by atoms with Crippen molar-refractivity contribution in [1.29, 1.82) is 0 Å². The Labute approximate surface area is 134 Å². The molecule has 0 atom stereocenters. The summed E-state index contributed by atoms with van der Waals surface area (Å²) < 4.78 is 10.7. The van der Waals surface area contributed by atoms with Crippen molar-refractivity contribution >= 4 is 5.97 Å². The number of unbranched alkanes of at least 4 members (excludes halogenated alkanes) is 1. The van der Waals surface area contributed by atoms with Gasteiger partial charge in [-0.25, -0.2) is 0 Å². The Balaban J connectivity index is 2.19. The lowest BCUT2D eigenvalue weighted by Crippen LogP contribution is -2.16. The first kappa shape index (κ1) is 18.4. The van der Waals surface area contributed by atoms with Crippen LogP contribution in [-0.2, 0) is 20.9 Å². The van der Waals surface area contributed by atoms with Crippen LogP contribution in [0.15, 0.2) is 42.5 Å². The fourth-order valence-corrected chi connectivity index (χ4v) is 2.05.